The number of aliphatic hydroxyl groups is 1. The molecule has 1 aliphatic heterocycles. The van der Waals surface area contributed by atoms with E-state index in [1.807, 2.05) is 0 Å². The van der Waals surface area contributed by atoms with Crippen LogP contribution in [0.4, 0.5) is 11.4 Å². The van der Waals surface area contributed by atoms with Gasteiger partial charge in [0.2, 0.25) is 0 Å². The molecule has 1 atom stereocenters. The largest absolute Gasteiger partial charge is 0.394 e. The molecule has 1 saturated heterocycles. The zero-order valence-corrected chi connectivity index (χ0v) is 8.87. The predicted molar refractivity (Wildman–Crippen MR) is 60.6 cm³/mol. The number of nitrogens with zero attached hydrogens (tertiary/aromatic N) is 2. The van der Waals surface area contributed by atoms with E-state index in [2.05, 4.69) is 4.90 Å². The maximum Gasteiger partial charge on any atom is 0.269 e. The third kappa shape index (κ3) is 1.99. The number of rotatable bonds is 3. The van der Waals surface area contributed by atoms with Gasteiger partial charge >= 0.3 is 0 Å². The lowest BCUT2D eigenvalue weighted by molar-refractivity contribution is -0.384. The number of non-ortho nitro benzene ring substituents is 1. The Labute approximate surface area is 93.5 Å². The molecule has 5 nitrogen and oxygen atoms in total. The fourth-order valence-electron chi connectivity index (χ4n) is 2.13. The van der Waals surface area contributed by atoms with E-state index in [1.165, 1.54) is 12.1 Å². The molecule has 0 saturated carbocycles. The maximum absolute atomic E-state index is 10.5. The molecule has 0 radical (unpaired) electrons. The average Bonchev–Trinajstić information content (AvgIpc) is 2.77. The van der Waals surface area contributed by atoms with E-state index in [0.29, 0.717) is 0 Å². The third-order valence-corrected chi connectivity index (χ3v) is 2.98. The summed E-state index contributed by atoms with van der Waals surface area (Å²) >= 11 is 0. The van der Waals surface area contributed by atoms with Gasteiger partial charge in [0.25, 0.3) is 5.69 Å². The minimum Gasteiger partial charge on any atom is -0.394 e. The van der Waals surface area contributed by atoms with Crippen molar-refractivity contribution >= 4 is 11.4 Å². The number of nitro benzene ring substituents is 1. The molecule has 1 heterocycles. The lowest BCUT2D eigenvalue weighted by atomic mass is 10.2. The summed E-state index contributed by atoms with van der Waals surface area (Å²) in [5.74, 6) is 0. The monoisotopic (exact) mass is 222 g/mol. The molecule has 0 aliphatic carbocycles. The van der Waals surface area contributed by atoms with Gasteiger partial charge in [-0.2, -0.15) is 0 Å². The van der Waals surface area contributed by atoms with Crippen molar-refractivity contribution in [3.05, 3.63) is 34.4 Å². The van der Waals surface area contributed by atoms with Gasteiger partial charge < -0.3 is 10.0 Å². The van der Waals surface area contributed by atoms with Gasteiger partial charge in [0.05, 0.1) is 17.6 Å². The van der Waals surface area contributed by atoms with E-state index in [1.54, 1.807) is 12.1 Å². The van der Waals surface area contributed by atoms with E-state index >= 15 is 0 Å². The van der Waals surface area contributed by atoms with Crippen molar-refractivity contribution in [2.45, 2.75) is 18.9 Å². The highest BCUT2D eigenvalue weighted by Gasteiger charge is 2.24. The van der Waals surface area contributed by atoms with Crippen LogP contribution in [0.1, 0.15) is 12.8 Å². The Kier molecular flexibility index (Phi) is 3.05. The van der Waals surface area contributed by atoms with Gasteiger partial charge in [-0.25, -0.2) is 0 Å². The lowest BCUT2D eigenvalue weighted by Crippen LogP contribution is -2.31. The molecule has 0 spiro atoms. The van der Waals surface area contributed by atoms with Crippen LogP contribution < -0.4 is 4.90 Å². The summed E-state index contributed by atoms with van der Waals surface area (Å²) in [5, 5.41) is 19.7. The summed E-state index contributed by atoms with van der Waals surface area (Å²) in [5.41, 5.74) is 1.05. The normalized spacial score (nSPS) is 20.1. The van der Waals surface area contributed by atoms with Crippen LogP contribution in [0.25, 0.3) is 0 Å². The Hall–Kier alpha value is -1.62. The van der Waals surface area contributed by atoms with E-state index in [9.17, 15) is 15.2 Å². The topological polar surface area (TPSA) is 66.6 Å². The predicted octanol–water partition coefficient (Wildman–Crippen LogP) is 1.56. The Morgan fingerprint density at radius 3 is 2.69 bits per heavy atom. The van der Waals surface area contributed by atoms with E-state index in [0.717, 1.165) is 25.1 Å². The Bertz CT molecular complexity index is 377. The number of nitro groups is 1. The van der Waals surface area contributed by atoms with E-state index < -0.39 is 4.92 Å². The first-order valence-electron chi connectivity index (χ1n) is 5.34. The van der Waals surface area contributed by atoms with Crippen LogP contribution in [-0.2, 0) is 0 Å². The Morgan fingerprint density at radius 2 is 2.12 bits per heavy atom. The molecule has 1 aliphatic rings. The lowest BCUT2D eigenvalue weighted by Gasteiger charge is -2.24. The van der Waals surface area contributed by atoms with Crippen LogP contribution >= 0.6 is 0 Å². The molecule has 2 rings (SSSR count). The smallest absolute Gasteiger partial charge is 0.269 e. The molecule has 16 heavy (non-hydrogen) atoms. The Morgan fingerprint density at radius 1 is 1.44 bits per heavy atom. The van der Waals surface area contributed by atoms with Crippen LogP contribution in [0.5, 0.6) is 0 Å². The van der Waals surface area contributed by atoms with Crippen molar-refractivity contribution in [3.8, 4) is 0 Å². The van der Waals surface area contributed by atoms with Crippen molar-refractivity contribution in [1.82, 2.24) is 0 Å². The van der Waals surface area contributed by atoms with Crippen molar-refractivity contribution in [1.29, 1.82) is 0 Å². The van der Waals surface area contributed by atoms with Crippen molar-refractivity contribution in [2.75, 3.05) is 18.1 Å². The zero-order valence-electron chi connectivity index (χ0n) is 8.87. The Balaban J connectivity index is 2.18. The number of hydrogen-bond donors (Lipinski definition) is 1. The summed E-state index contributed by atoms with van der Waals surface area (Å²) in [6.45, 7) is 1.04. The number of aliphatic hydroxyl groups excluding tert-OH is 1. The highest BCUT2D eigenvalue weighted by Crippen LogP contribution is 2.26. The summed E-state index contributed by atoms with van der Waals surface area (Å²) in [6.07, 6.45) is 2.04. The average molecular weight is 222 g/mol. The maximum atomic E-state index is 10.5. The van der Waals surface area contributed by atoms with Crippen molar-refractivity contribution in [3.63, 3.8) is 0 Å². The fraction of sp³-hybridized carbons (Fsp3) is 0.455. The first-order chi connectivity index (χ1) is 7.72. The van der Waals surface area contributed by atoms with Crippen LogP contribution in [0.2, 0.25) is 0 Å². The molecule has 86 valence electrons. The second kappa shape index (κ2) is 4.49. The third-order valence-electron chi connectivity index (χ3n) is 2.98. The van der Waals surface area contributed by atoms with Crippen LogP contribution in [-0.4, -0.2) is 29.2 Å². The molecule has 1 N–H and O–H groups in total. The van der Waals surface area contributed by atoms with E-state index in [-0.39, 0.29) is 18.3 Å². The van der Waals surface area contributed by atoms with Gasteiger partial charge in [0.15, 0.2) is 0 Å². The second-order valence-electron chi connectivity index (χ2n) is 3.95. The van der Waals surface area contributed by atoms with Crippen molar-refractivity contribution < 1.29 is 10.0 Å². The minimum atomic E-state index is -0.405. The van der Waals surface area contributed by atoms with Gasteiger partial charge in [-0.1, -0.05) is 0 Å². The van der Waals surface area contributed by atoms with Gasteiger partial charge in [-0.3, -0.25) is 10.1 Å². The molecule has 1 aromatic carbocycles. The highest BCUT2D eigenvalue weighted by atomic mass is 16.6. The van der Waals surface area contributed by atoms with Gasteiger partial charge in [-0.15, -0.1) is 0 Å². The quantitative estimate of drug-likeness (QED) is 0.622. The number of benzene rings is 1. The van der Waals surface area contributed by atoms with E-state index in [4.69, 9.17) is 0 Å². The highest BCUT2D eigenvalue weighted by molar-refractivity contribution is 5.52. The summed E-state index contributed by atoms with van der Waals surface area (Å²) in [4.78, 5) is 12.2. The standard InChI is InChI=1S/C11H14N2O3/c14-8-11-2-1-7-12(11)9-3-5-10(6-4-9)13(15)16/h3-6,11,14H,1-2,7-8H2/t11-/m1/s1. The minimum absolute atomic E-state index is 0.100. The molecule has 1 fully saturated rings. The summed E-state index contributed by atoms with van der Waals surface area (Å²) in [7, 11) is 0. The molecule has 0 bridgehead atoms. The number of anilines is 1. The molecule has 1 aromatic rings. The molecule has 0 aromatic heterocycles. The first-order valence-corrected chi connectivity index (χ1v) is 5.34. The summed E-state index contributed by atoms with van der Waals surface area (Å²) in [6, 6.07) is 6.64. The zero-order chi connectivity index (χ0) is 11.5. The molecule has 0 unspecified atom stereocenters. The van der Waals surface area contributed by atoms with Gasteiger partial charge in [0.1, 0.15) is 0 Å². The molecular formula is C11H14N2O3. The van der Waals surface area contributed by atoms with Crippen LogP contribution in [0, 0.1) is 10.1 Å². The molecular weight excluding hydrogens is 208 g/mol. The van der Waals surface area contributed by atoms with Gasteiger partial charge in [-0.05, 0) is 25.0 Å². The second-order valence-corrected chi connectivity index (χ2v) is 3.95. The molecule has 0 amide bonds. The molecule has 5 heteroatoms. The van der Waals surface area contributed by atoms with Crippen LogP contribution in [0.3, 0.4) is 0 Å². The fourth-order valence-corrected chi connectivity index (χ4v) is 2.13. The first kappa shape index (κ1) is 10.9. The van der Waals surface area contributed by atoms with Gasteiger partial charge in [0, 0.05) is 24.4 Å². The number of hydrogen-bond acceptors (Lipinski definition) is 4. The van der Waals surface area contributed by atoms with Crippen molar-refractivity contribution in [2.24, 2.45) is 0 Å². The summed E-state index contributed by atoms with van der Waals surface area (Å²) < 4.78 is 0. The van der Waals surface area contributed by atoms with Crippen LogP contribution in [0.15, 0.2) is 24.3 Å². The SMILES string of the molecule is O=[N+]([O-])c1ccc(N2CCC[C@@H]2CO)cc1.